The molecule has 0 radical (unpaired) electrons. The molecule has 1 heterocycles. The van der Waals surface area contributed by atoms with Crippen LogP contribution in [0.1, 0.15) is 0 Å². The monoisotopic (exact) mass is 118 g/mol. The van der Waals surface area contributed by atoms with Crippen molar-refractivity contribution in [3.8, 4) is 5.75 Å². The van der Waals surface area contributed by atoms with Gasteiger partial charge in [0.05, 0.1) is 6.20 Å². The third-order valence-electron chi connectivity index (χ3n) is 0.646. The number of nitrogens with zero attached hydrogens (tertiary/aromatic N) is 1. The van der Waals surface area contributed by atoms with E-state index in [1.165, 1.54) is 6.20 Å². The van der Waals surface area contributed by atoms with Crippen molar-refractivity contribution in [2.24, 2.45) is 0 Å². The Labute approximate surface area is 69.9 Å². The first kappa shape index (κ1) is 7.95. The third-order valence-corrected chi connectivity index (χ3v) is 0.646. The van der Waals surface area contributed by atoms with Crippen molar-refractivity contribution in [1.29, 1.82) is 0 Å². The number of hydrogen-bond acceptors (Lipinski definition) is 2. The van der Waals surface area contributed by atoms with Crippen molar-refractivity contribution in [1.82, 2.24) is 4.98 Å². The summed E-state index contributed by atoms with van der Waals surface area (Å²) >= 11 is 0. The van der Waals surface area contributed by atoms with Crippen molar-refractivity contribution in [2.45, 2.75) is 0 Å². The van der Waals surface area contributed by atoms with Crippen LogP contribution in [0.2, 0.25) is 0 Å². The van der Waals surface area contributed by atoms with Crippen LogP contribution in [0.3, 0.4) is 0 Å². The third kappa shape index (κ3) is 2.31. The Morgan fingerprint density at radius 2 is 2.25 bits per heavy atom. The smallest absolute Gasteiger partial charge is 0.506 e. The maximum Gasteiger partial charge on any atom is 1.00 e. The average molecular weight is 118 g/mol. The number of rotatable bonds is 0. The van der Waals surface area contributed by atoms with Crippen LogP contribution in [0.4, 0.5) is 0 Å². The van der Waals surface area contributed by atoms with Gasteiger partial charge in [-0.2, -0.15) is 0 Å². The Morgan fingerprint density at radius 3 is 2.50 bits per heavy atom. The number of aromatic hydroxyl groups is 1. The van der Waals surface area contributed by atoms with E-state index in [0.29, 0.717) is 0 Å². The Morgan fingerprint density at radius 1 is 1.50 bits per heavy atom. The van der Waals surface area contributed by atoms with Crippen LogP contribution >= 0.6 is 0 Å². The van der Waals surface area contributed by atoms with E-state index in [-0.39, 0.29) is 35.3 Å². The van der Waals surface area contributed by atoms with E-state index in [9.17, 15) is 0 Å². The van der Waals surface area contributed by atoms with Gasteiger partial charge in [0.1, 0.15) is 5.75 Å². The van der Waals surface area contributed by atoms with E-state index < -0.39 is 0 Å². The number of aromatic nitrogens is 1. The Bertz CT molecular complexity index is 142. The zero-order valence-corrected chi connectivity index (χ0v) is 6.70. The normalized spacial score (nSPS) is 7.50. The predicted molar refractivity (Wildman–Crippen MR) is 25.9 cm³/mol. The summed E-state index contributed by atoms with van der Waals surface area (Å²) < 4.78 is 0. The largest absolute Gasteiger partial charge is 1.00 e. The van der Waals surface area contributed by atoms with Crippen LogP contribution in [-0.2, 0) is 0 Å². The van der Waals surface area contributed by atoms with Gasteiger partial charge >= 0.3 is 29.6 Å². The van der Waals surface area contributed by atoms with Gasteiger partial charge in [0.2, 0.25) is 0 Å². The van der Waals surface area contributed by atoms with E-state index in [2.05, 4.69) is 4.98 Å². The molecule has 3 heteroatoms. The molecule has 0 aliphatic rings. The Kier molecular flexibility index (Phi) is 3.87. The molecular weight excluding hydrogens is 113 g/mol. The Balaban J connectivity index is 0.000000490. The van der Waals surface area contributed by atoms with Crippen molar-refractivity contribution in [3.05, 3.63) is 24.5 Å². The van der Waals surface area contributed by atoms with Gasteiger partial charge in [0.25, 0.3) is 0 Å². The molecule has 0 aliphatic carbocycles. The second-order valence-corrected chi connectivity index (χ2v) is 1.21. The number of hydrogen-bond donors (Lipinski definition) is 1. The van der Waals surface area contributed by atoms with Crippen molar-refractivity contribution in [3.63, 3.8) is 0 Å². The van der Waals surface area contributed by atoms with Gasteiger partial charge in [-0.15, -0.1) is 0 Å². The van der Waals surface area contributed by atoms with E-state index in [0.717, 1.165) is 0 Å². The first-order valence-electron chi connectivity index (χ1n) is 1.98. The number of pyridine rings is 1. The van der Waals surface area contributed by atoms with Gasteiger partial charge < -0.3 is 5.11 Å². The molecule has 0 saturated carbocycles. The van der Waals surface area contributed by atoms with Crippen LogP contribution in [0.5, 0.6) is 5.75 Å². The fourth-order valence-corrected chi connectivity index (χ4v) is 0.354. The van der Waals surface area contributed by atoms with Crippen LogP contribution in [0.25, 0.3) is 0 Å². The summed E-state index contributed by atoms with van der Waals surface area (Å²) in [7, 11) is 0. The summed E-state index contributed by atoms with van der Waals surface area (Å²) in [6.07, 6.45) is 3.00. The molecule has 2 nitrogen and oxygen atoms in total. The minimum absolute atomic E-state index is 0. The topological polar surface area (TPSA) is 33.1 Å². The molecule has 0 saturated heterocycles. The molecule has 0 spiro atoms. The summed E-state index contributed by atoms with van der Waals surface area (Å²) in [4.78, 5) is 3.63. The molecule has 1 rings (SSSR count). The first-order valence-corrected chi connectivity index (χ1v) is 1.98. The molecule has 0 atom stereocenters. The fraction of sp³-hybridized carbons (Fsp3) is 0. The molecule has 0 fully saturated rings. The standard InChI is InChI=1S/C5H5NO.Na/c7-5-2-1-3-6-4-5;/h1-4,7H;/q;+1. The van der Waals surface area contributed by atoms with Gasteiger partial charge in [-0.3, -0.25) is 4.98 Å². The molecule has 1 aromatic rings. The quantitative estimate of drug-likeness (QED) is 0.392. The zero-order valence-electron chi connectivity index (χ0n) is 4.70. The average Bonchev–Trinajstić information content (AvgIpc) is 1.69. The maximum absolute atomic E-state index is 8.57. The maximum atomic E-state index is 8.57. The van der Waals surface area contributed by atoms with Gasteiger partial charge in [-0.05, 0) is 12.1 Å². The van der Waals surface area contributed by atoms with E-state index in [1.54, 1.807) is 18.3 Å². The van der Waals surface area contributed by atoms with Crippen molar-refractivity contribution < 1.29 is 34.7 Å². The summed E-state index contributed by atoms with van der Waals surface area (Å²) in [5, 5.41) is 8.57. The Hall–Kier alpha value is -0.0500. The van der Waals surface area contributed by atoms with Crippen LogP contribution in [-0.4, -0.2) is 10.1 Å². The summed E-state index contributed by atoms with van der Waals surface area (Å²) in [5.41, 5.74) is 0. The zero-order chi connectivity index (χ0) is 5.11. The summed E-state index contributed by atoms with van der Waals surface area (Å²) in [6.45, 7) is 0. The predicted octanol–water partition coefficient (Wildman–Crippen LogP) is -2.21. The second-order valence-electron chi connectivity index (χ2n) is 1.21. The molecule has 0 amide bonds. The minimum atomic E-state index is 0. The first-order chi connectivity index (χ1) is 3.39. The molecule has 1 aromatic heterocycles. The van der Waals surface area contributed by atoms with Gasteiger partial charge in [0, 0.05) is 6.20 Å². The molecule has 1 N–H and O–H groups in total. The molecule has 0 bridgehead atoms. The minimum Gasteiger partial charge on any atom is -0.506 e. The molecule has 8 heavy (non-hydrogen) atoms. The summed E-state index contributed by atoms with van der Waals surface area (Å²) in [6, 6.07) is 3.25. The van der Waals surface area contributed by atoms with Crippen molar-refractivity contribution in [2.75, 3.05) is 0 Å². The SMILES string of the molecule is Oc1cccnc1.[Na+]. The molecule has 0 unspecified atom stereocenters. The summed E-state index contributed by atoms with van der Waals surface area (Å²) in [5.74, 6) is 0.211. The van der Waals surface area contributed by atoms with Gasteiger partial charge in [-0.25, -0.2) is 0 Å². The molecule has 36 valence electrons. The van der Waals surface area contributed by atoms with Crippen LogP contribution in [0, 0.1) is 0 Å². The van der Waals surface area contributed by atoms with Crippen molar-refractivity contribution >= 4 is 0 Å². The van der Waals surface area contributed by atoms with E-state index >= 15 is 0 Å². The van der Waals surface area contributed by atoms with Crippen LogP contribution in [0.15, 0.2) is 24.5 Å². The second kappa shape index (κ2) is 3.89. The molecule has 0 aliphatic heterocycles. The molecular formula is C5H5NNaO+. The molecule has 0 aromatic carbocycles. The van der Waals surface area contributed by atoms with E-state index in [1.807, 2.05) is 0 Å². The van der Waals surface area contributed by atoms with Crippen LogP contribution < -0.4 is 29.6 Å². The fourth-order valence-electron chi connectivity index (χ4n) is 0.354. The van der Waals surface area contributed by atoms with Gasteiger partial charge in [0.15, 0.2) is 0 Å². The van der Waals surface area contributed by atoms with E-state index in [4.69, 9.17) is 5.11 Å². The van der Waals surface area contributed by atoms with Gasteiger partial charge in [-0.1, -0.05) is 0 Å².